The first-order valence-corrected chi connectivity index (χ1v) is 7.64. The molecule has 5 N–H and O–H groups in total. The Hall–Kier alpha value is -0.780. The molecule has 11 atom stereocenters. The van der Waals surface area contributed by atoms with Gasteiger partial charge in [0.05, 0.1) is 31.0 Å². The zero-order chi connectivity index (χ0) is 16.3. The highest BCUT2D eigenvalue weighted by molar-refractivity contribution is 5.16. The van der Waals surface area contributed by atoms with Gasteiger partial charge in [-0.1, -0.05) is 0 Å². The molecule has 23 heavy (non-hydrogen) atoms. The summed E-state index contributed by atoms with van der Waals surface area (Å²) in [6.07, 6.45) is -5.53. The second-order valence-corrected chi connectivity index (χ2v) is 6.38. The first kappa shape index (κ1) is 15.7. The van der Waals surface area contributed by atoms with Gasteiger partial charge in [-0.05, 0) is 6.08 Å². The largest absolute Gasteiger partial charge is 0.472 e. The fraction of sp³-hybridized carbons (Fsp3) is 0.857. The third-order valence-electron chi connectivity index (χ3n) is 5.06. The molecule has 9 heteroatoms. The van der Waals surface area contributed by atoms with Crippen molar-refractivity contribution in [1.29, 1.82) is 0 Å². The van der Waals surface area contributed by atoms with Gasteiger partial charge in [0.15, 0.2) is 6.29 Å². The Morgan fingerprint density at radius 2 is 1.65 bits per heavy atom. The fourth-order valence-corrected chi connectivity index (χ4v) is 3.71. The minimum Gasteiger partial charge on any atom is -0.472 e. The molecule has 1 aliphatic carbocycles. The van der Waals surface area contributed by atoms with Gasteiger partial charge in [-0.25, -0.2) is 0 Å². The third kappa shape index (κ3) is 2.39. The Balaban J connectivity index is 1.48. The van der Waals surface area contributed by atoms with Gasteiger partial charge >= 0.3 is 0 Å². The fourth-order valence-electron chi connectivity index (χ4n) is 3.71. The molecule has 0 spiro atoms. The van der Waals surface area contributed by atoms with Gasteiger partial charge < -0.3 is 44.5 Å². The van der Waals surface area contributed by atoms with Crippen LogP contribution in [0.5, 0.6) is 0 Å². The zero-order valence-corrected chi connectivity index (χ0v) is 12.1. The van der Waals surface area contributed by atoms with Gasteiger partial charge in [0, 0.05) is 5.92 Å². The van der Waals surface area contributed by atoms with E-state index in [1.807, 2.05) is 0 Å². The van der Waals surface area contributed by atoms with Gasteiger partial charge in [-0.3, -0.25) is 0 Å². The van der Waals surface area contributed by atoms with E-state index in [9.17, 15) is 25.5 Å². The van der Waals surface area contributed by atoms with E-state index in [0.717, 1.165) is 0 Å². The van der Waals surface area contributed by atoms with Crippen molar-refractivity contribution in [3.63, 3.8) is 0 Å². The molecule has 3 fully saturated rings. The molecule has 3 aliphatic heterocycles. The predicted molar refractivity (Wildman–Crippen MR) is 70.5 cm³/mol. The summed E-state index contributed by atoms with van der Waals surface area (Å²) in [6, 6.07) is 0. The first-order valence-electron chi connectivity index (χ1n) is 7.64. The highest BCUT2D eigenvalue weighted by atomic mass is 16.8. The third-order valence-corrected chi connectivity index (χ3v) is 5.06. The molecule has 0 bridgehead atoms. The number of aliphatic hydroxyl groups is 5. The maximum absolute atomic E-state index is 10.2. The molecular weight excluding hydrogens is 312 g/mol. The minimum atomic E-state index is -1.52. The van der Waals surface area contributed by atoms with Crippen molar-refractivity contribution in [2.24, 2.45) is 11.8 Å². The molecule has 2 saturated heterocycles. The van der Waals surface area contributed by atoms with Gasteiger partial charge in [-0.2, -0.15) is 0 Å². The van der Waals surface area contributed by atoms with Crippen LogP contribution in [-0.2, 0) is 18.9 Å². The molecule has 4 aliphatic rings. The number of hydrogen-bond donors (Lipinski definition) is 5. The monoisotopic (exact) mass is 332 g/mol. The summed E-state index contributed by atoms with van der Waals surface area (Å²) in [5, 5.41) is 49.0. The van der Waals surface area contributed by atoms with Gasteiger partial charge in [0.1, 0.15) is 30.5 Å². The number of rotatable bonds is 3. The average molecular weight is 332 g/mol. The summed E-state index contributed by atoms with van der Waals surface area (Å²) in [6.45, 7) is -0.539. The van der Waals surface area contributed by atoms with Crippen LogP contribution < -0.4 is 0 Å². The van der Waals surface area contributed by atoms with Crippen molar-refractivity contribution < 1.29 is 44.5 Å². The van der Waals surface area contributed by atoms with Crippen LogP contribution in [-0.4, -0.2) is 87.4 Å². The Labute approximate surface area is 131 Å². The maximum atomic E-state index is 10.2. The van der Waals surface area contributed by atoms with Crippen LogP contribution in [0.4, 0.5) is 0 Å². The lowest BCUT2D eigenvalue weighted by molar-refractivity contribution is -0.344. The Bertz CT molecular complexity index is 483. The lowest BCUT2D eigenvalue weighted by Crippen LogP contribution is -2.60. The van der Waals surface area contributed by atoms with Crippen LogP contribution in [0.2, 0.25) is 0 Å². The van der Waals surface area contributed by atoms with E-state index in [0.29, 0.717) is 0 Å². The quantitative estimate of drug-likeness (QED) is 0.343. The van der Waals surface area contributed by atoms with E-state index in [4.69, 9.17) is 18.9 Å². The molecule has 0 amide bonds. The lowest BCUT2D eigenvalue weighted by atomic mass is 9.91. The van der Waals surface area contributed by atoms with Crippen molar-refractivity contribution in [2.45, 2.75) is 55.3 Å². The predicted octanol–water partition coefficient (Wildman–Crippen LogP) is -2.95. The van der Waals surface area contributed by atoms with Crippen LogP contribution >= 0.6 is 0 Å². The van der Waals surface area contributed by atoms with Gasteiger partial charge in [0.2, 0.25) is 6.29 Å². The van der Waals surface area contributed by atoms with Crippen LogP contribution in [0.25, 0.3) is 0 Å². The van der Waals surface area contributed by atoms with Crippen LogP contribution in [0, 0.1) is 11.8 Å². The minimum absolute atomic E-state index is 0.0568. The van der Waals surface area contributed by atoms with Crippen LogP contribution in [0.1, 0.15) is 0 Å². The second-order valence-electron chi connectivity index (χ2n) is 6.38. The first-order chi connectivity index (χ1) is 11.0. The number of aliphatic hydroxyl groups excluding tert-OH is 5. The highest BCUT2D eigenvalue weighted by Gasteiger charge is 2.64. The summed E-state index contributed by atoms with van der Waals surface area (Å²) in [7, 11) is 0. The molecular formula is C14H20O9. The summed E-state index contributed by atoms with van der Waals surface area (Å²) in [5.41, 5.74) is 0. The Morgan fingerprint density at radius 3 is 2.39 bits per heavy atom. The molecule has 0 aromatic rings. The van der Waals surface area contributed by atoms with Crippen molar-refractivity contribution in [3.8, 4) is 0 Å². The molecule has 1 saturated carbocycles. The summed E-state index contributed by atoms with van der Waals surface area (Å²) in [4.78, 5) is 0. The van der Waals surface area contributed by atoms with Gasteiger partial charge in [0.25, 0.3) is 0 Å². The van der Waals surface area contributed by atoms with E-state index in [2.05, 4.69) is 0 Å². The summed E-state index contributed by atoms with van der Waals surface area (Å²) >= 11 is 0. The van der Waals surface area contributed by atoms with Gasteiger partial charge in [-0.15, -0.1) is 0 Å². The molecule has 9 nitrogen and oxygen atoms in total. The Morgan fingerprint density at radius 1 is 0.870 bits per heavy atom. The van der Waals surface area contributed by atoms with Crippen molar-refractivity contribution >= 4 is 0 Å². The van der Waals surface area contributed by atoms with E-state index >= 15 is 0 Å². The highest BCUT2D eigenvalue weighted by Crippen LogP contribution is 2.51. The molecule has 2 unspecified atom stereocenters. The van der Waals surface area contributed by atoms with Crippen molar-refractivity contribution in [3.05, 3.63) is 12.3 Å². The standard InChI is InChI=1S/C14H20O9/c15-3-5-7(16)9(18)10(19)14(21-5)23-13-6-4(1-2-20-13)11-12(22-11)8(6)17/h1-2,4-19H,3H2/t4?,5-,6?,7-,8-,9+,10-,11+,12-,13+,14+/m1/s1. The average Bonchev–Trinajstić information content (AvgIpc) is 3.30. The molecule has 130 valence electrons. The Kier molecular flexibility index (Phi) is 3.86. The summed E-state index contributed by atoms with van der Waals surface area (Å²) < 4.78 is 21.7. The van der Waals surface area contributed by atoms with Crippen molar-refractivity contribution in [1.82, 2.24) is 0 Å². The zero-order valence-electron chi connectivity index (χ0n) is 12.1. The van der Waals surface area contributed by atoms with Crippen LogP contribution in [0.15, 0.2) is 12.3 Å². The van der Waals surface area contributed by atoms with E-state index in [-0.39, 0.29) is 24.0 Å². The van der Waals surface area contributed by atoms with E-state index < -0.39 is 49.7 Å². The SMILES string of the molecule is OC[C@H]1O[C@@H](O[C@@H]2OC=CC3C2[C@@H](O)[C@H]2O[C@@H]32)[C@H](O)[C@@H](O)[C@@H]1O. The molecule has 4 rings (SSSR count). The number of hydrogen-bond acceptors (Lipinski definition) is 9. The second kappa shape index (κ2) is 5.64. The normalized spacial score (nSPS) is 57.5. The molecule has 0 aromatic heterocycles. The molecule has 3 heterocycles. The number of epoxide rings is 1. The van der Waals surface area contributed by atoms with E-state index in [1.54, 1.807) is 6.08 Å². The lowest BCUT2D eigenvalue weighted by Gasteiger charge is -2.42. The summed E-state index contributed by atoms with van der Waals surface area (Å²) in [5.74, 6) is -0.435. The number of fused-ring (bicyclic) bond motifs is 3. The van der Waals surface area contributed by atoms with Crippen molar-refractivity contribution in [2.75, 3.05) is 6.61 Å². The van der Waals surface area contributed by atoms with Crippen LogP contribution in [0.3, 0.4) is 0 Å². The number of ether oxygens (including phenoxy) is 4. The molecule has 0 radical (unpaired) electrons. The molecule has 0 aromatic carbocycles. The smallest absolute Gasteiger partial charge is 0.207 e. The van der Waals surface area contributed by atoms with E-state index in [1.165, 1.54) is 6.26 Å². The maximum Gasteiger partial charge on any atom is 0.207 e. The topological polar surface area (TPSA) is 141 Å².